The van der Waals surface area contributed by atoms with E-state index in [0.29, 0.717) is 6.04 Å². The average molecular weight is 235 g/mol. The van der Waals surface area contributed by atoms with Crippen LogP contribution in [0.5, 0.6) is 0 Å². The van der Waals surface area contributed by atoms with Crippen molar-refractivity contribution in [1.29, 1.82) is 0 Å². The number of hydrogen-bond acceptors (Lipinski definition) is 2. The van der Waals surface area contributed by atoms with Gasteiger partial charge in [-0.1, -0.05) is 19.4 Å². The minimum absolute atomic E-state index is 0.658. The first-order valence-electron chi connectivity index (χ1n) is 6.64. The Balaban J connectivity index is 1.69. The van der Waals surface area contributed by atoms with Gasteiger partial charge < -0.3 is 5.32 Å². The number of thiophene rings is 1. The Morgan fingerprint density at radius 2 is 2.19 bits per heavy atom. The van der Waals surface area contributed by atoms with Gasteiger partial charge in [-0.15, -0.1) is 11.3 Å². The molecule has 0 radical (unpaired) electrons. The van der Waals surface area contributed by atoms with E-state index in [1.54, 1.807) is 4.88 Å². The molecule has 2 aliphatic rings. The van der Waals surface area contributed by atoms with Crippen LogP contribution in [0.25, 0.3) is 0 Å². The maximum Gasteiger partial charge on any atom is 0.0445 e. The minimum atomic E-state index is 0.658. The molecule has 16 heavy (non-hydrogen) atoms. The molecule has 1 aromatic heterocycles. The van der Waals surface area contributed by atoms with Crippen LogP contribution in [0, 0.1) is 11.8 Å². The third kappa shape index (κ3) is 2.18. The summed E-state index contributed by atoms with van der Waals surface area (Å²) in [5.74, 6) is 1.80. The zero-order valence-corrected chi connectivity index (χ0v) is 10.8. The molecule has 2 heteroatoms. The largest absolute Gasteiger partial charge is 0.306 e. The van der Waals surface area contributed by atoms with E-state index in [1.165, 1.54) is 32.1 Å². The summed E-state index contributed by atoms with van der Waals surface area (Å²) in [4.78, 5) is 1.56. The van der Waals surface area contributed by atoms with Crippen LogP contribution in [0.2, 0.25) is 0 Å². The lowest BCUT2D eigenvalue weighted by Crippen LogP contribution is -2.35. The van der Waals surface area contributed by atoms with Crippen molar-refractivity contribution in [2.45, 2.75) is 51.1 Å². The van der Waals surface area contributed by atoms with Gasteiger partial charge in [0, 0.05) is 17.0 Å². The Labute approximate surface area is 102 Å². The minimum Gasteiger partial charge on any atom is -0.306 e. The van der Waals surface area contributed by atoms with Crippen molar-refractivity contribution in [1.82, 2.24) is 5.32 Å². The second kappa shape index (κ2) is 4.50. The number of hydrogen-bond donors (Lipinski definition) is 1. The van der Waals surface area contributed by atoms with E-state index >= 15 is 0 Å². The molecule has 1 aromatic rings. The Kier molecular flexibility index (Phi) is 3.03. The van der Waals surface area contributed by atoms with E-state index in [1.807, 2.05) is 11.3 Å². The summed E-state index contributed by atoms with van der Waals surface area (Å²) in [5.41, 5.74) is 0. The van der Waals surface area contributed by atoms with Gasteiger partial charge in [0.05, 0.1) is 0 Å². The smallest absolute Gasteiger partial charge is 0.0445 e. The molecular formula is C14H21NS. The van der Waals surface area contributed by atoms with Gasteiger partial charge in [-0.25, -0.2) is 0 Å². The molecule has 2 saturated carbocycles. The Bertz CT molecular complexity index is 329. The molecule has 2 aliphatic carbocycles. The lowest BCUT2D eigenvalue weighted by atomic mass is 10.0. The molecule has 0 amide bonds. The molecule has 1 N–H and O–H groups in total. The van der Waals surface area contributed by atoms with Crippen LogP contribution in [-0.4, -0.2) is 6.04 Å². The lowest BCUT2D eigenvalue weighted by molar-refractivity contribution is 0.357. The van der Waals surface area contributed by atoms with Crippen LogP contribution in [0.15, 0.2) is 17.5 Å². The molecule has 0 aliphatic heterocycles. The van der Waals surface area contributed by atoms with Crippen LogP contribution in [0.1, 0.15) is 49.9 Å². The first-order valence-corrected chi connectivity index (χ1v) is 7.52. The van der Waals surface area contributed by atoms with Crippen molar-refractivity contribution < 1.29 is 0 Å². The molecule has 0 bridgehead atoms. The summed E-state index contributed by atoms with van der Waals surface area (Å²) in [6.07, 6.45) is 7.07. The highest BCUT2D eigenvalue weighted by Crippen LogP contribution is 2.43. The highest BCUT2D eigenvalue weighted by Gasteiger charge is 2.36. The third-order valence-electron chi connectivity index (χ3n) is 4.20. The highest BCUT2D eigenvalue weighted by atomic mass is 32.1. The first-order chi connectivity index (χ1) is 7.84. The molecule has 0 spiro atoms. The normalized spacial score (nSPS) is 31.8. The van der Waals surface area contributed by atoms with Crippen LogP contribution in [-0.2, 0) is 0 Å². The van der Waals surface area contributed by atoms with Crippen LogP contribution >= 0.6 is 11.3 Å². The van der Waals surface area contributed by atoms with Gasteiger partial charge >= 0.3 is 0 Å². The first kappa shape index (κ1) is 10.8. The lowest BCUT2D eigenvalue weighted by Gasteiger charge is -2.25. The summed E-state index contributed by atoms with van der Waals surface area (Å²) < 4.78 is 0. The van der Waals surface area contributed by atoms with Gasteiger partial charge in [-0.3, -0.25) is 0 Å². The topological polar surface area (TPSA) is 12.0 Å². The molecular weight excluding hydrogens is 214 g/mol. The molecule has 2 fully saturated rings. The van der Waals surface area contributed by atoms with E-state index in [2.05, 4.69) is 29.8 Å². The molecule has 3 atom stereocenters. The van der Waals surface area contributed by atoms with Crippen LogP contribution in [0.4, 0.5) is 0 Å². The van der Waals surface area contributed by atoms with E-state index < -0.39 is 0 Å². The summed E-state index contributed by atoms with van der Waals surface area (Å²) in [6, 6.07) is 5.92. The summed E-state index contributed by atoms with van der Waals surface area (Å²) >= 11 is 1.92. The molecule has 1 heterocycles. The van der Waals surface area contributed by atoms with Gasteiger partial charge in [0.2, 0.25) is 0 Å². The van der Waals surface area contributed by atoms with E-state index in [-0.39, 0.29) is 0 Å². The van der Waals surface area contributed by atoms with E-state index in [4.69, 9.17) is 0 Å². The monoisotopic (exact) mass is 235 g/mol. The fourth-order valence-corrected chi connectivity index (χ4v) is 3.85. The molecule has 88 valence electrons. The molecule has 1 nitrogen and oxygen atoms in total. The van der Waals surface area contributed by atoms with Gasteiger partial charge in [-0.05, 0) is 49.0 Å². The standard InChI is InChI=1S/C14H21NS/c1-10-4-2-5-12(10)15-14(11-7-8-11)13-6-3-9-16-13/h3,6,9-12,14-15H,2,4-5,7-8H2,1H3. The highest BCUT2D eigenvalue weighted by molar-refractivity contribution is 7.10. The van der Waals surface area contributed by atoms with Crippen molar-refractivity contribution in [3.8, 4) is 0 Å². The zero-order chi connectivity index (χ0) is 11.0. The fraction of sp³-hybridized carbons (Fsp3) is 0.714. The second-order valence-corrected chi connectivity index (χ2v) is 6.49. The van der Waals surface area contributed by atoms with Gasteiger partial charge in [0.1, 0.15) is 0 Å². The SMILES string of the molecule is CC1CCCC1NC(c1cccs1)C1CC1. The van der Waals surface area contributed by atoms with Crippen molar-refractivity contribution in [3.05, 3.63) is 22.4 Å². The van der Waals surface area contributed by atoms with Gasteiger partial charge in [0.25, 0.3) is 0 Å². The summed E-state index contributed by atoms with van der Waals surface area (Å²) in [5, 5.41) is 6.15. The van der Waals surface area contributed by atoms with Gasteiger partial charge in [-0.2, -0.15) is 0 Å². The second-order valence-electron chi connectivity index (χ2n) is 5.51. The van der Waals surface area contributed by atoms with Crippen molar-refractivity contribution >= 4 is 11.3 Å². The van der Waals surface area contributed by atoms with Crippen LogP contribution in [0.3, 0.4) is 0 Å². The maximum atomic E-state index is 3.94. The third-order valence-corrected chi connectivity index (χ3v) is 5.15. The molecule has 3 unspecified atom stereocenters. The zero-order valence-electron chi connectivity index (χ0n) is 9.99. The maximum absolute atomic E-state index is 3.94. The van der Waals surface area contributed by atoms with Crippen LogP contribution < -0.4 is 5.32 Å². The fourth-order valence-electron chi connectivity index (χ4n) is 2.97. The Morgan fingerprint density at radius 1 is 1.31 bits per heavy atom. The predicted molar refractivity (Wildman–Crippen MR) is 69.7 cm³/mol. The van der Waals surface area contributed by atoms with Crippen molar-refractivity contribution in [2.75, 3.05) is 0 Å². The number of nitrogens with one attached hydrogen (secondary N) is 1. The molecule has 0 saturated heterocycles. The summed E-state index contributed by atoms with van der Waals surface area (Å²) in [6.45, 7) is 2.41. The van der Waals surface area contributed by atoms with Crippen molar-refractivity contribution in [3.63, 3.8) is 0 Å². The van der Waals surface area contributed by atoms with Crippen molar-refractivity contribution in [2.24, 2.45) is 11.8 Å². The summed E-state index contributed by atoms with van der Waals surface area (Å²) in [7, 11) is 0. The predicted octanol–water partition coefficient (Wildman–Crippen LogP) is 3.98. The molecule has 0 aromatic carbocycles. The van der Waals surface area contributed by atoms with E-state index in [0.717, 1.165) is 17.9 Å². The Hall–Kier alpha value is -0.340. The van der Waals surface area contributed by atoms with E-state index in [9.17, 15) is 0 Å². The average Bonchev–Trinajstić information content (AvgIpc) is 2.82. The molecule has 3 rings (SSSR count). The Morgan fingerprint density at radius 3 is 2.75 bits per heavy atom. The number of rotatable bonds is 4. The quantitative estimate of drug-likeness (QED) is 0.832. The van der Waals surface area contributed by atoms with Gasteiger partial charge in [0.15, 0.2) is 0 Å².